The lowest BCUT2D eigenvalue weighted by atomic mass is 10.2. The molecule has 0 spiro atoms. The summed E-state index contributed by atoms with van der Waals surface area (Å²) in [5.74, 6) is -0.175. The Bertz CT molecular complexity index is 1110. The molecule has 1 saturated heterocycles. The maximum Gasteiger partial charge on any atom is 0.416 e. The van der Waals surface area contributed by atoms with Gasteiger partial charge in [0.05, 0.1) is 36.9 Å². The first-order chi connectivity index (χ1) is 15.9. The molecule has 0 amide bonds. The number of hydrogen-bond donors (Lipinski definition) is 1. The SMILES string of the molecule is Fc1cnc(/N=C/Cc2ccc(Nc3cccc(C(F)(F)F)c3)cn2)nc1N1CCOCC1. The van der Waals surface area contributed by atoms with Crippen LogP contribution in [0.25, 0.3) is 0 Å². The molecule has 0 atom stereocenters. The highest BCUT2D eigenvalue weighted by Gasteiger charge is 2.30. The van der Waals surface area contributed by atoms with Crippen LogP contribution < -0.4 is 10.2 Å². The fraction of sp³-hybridized carbons (Fsp3) is 0.273. The van der Waals surface area contributed by atoms with Gasteiger partial charge in [-0.2, -0.15) is 18.2 Å². The standard InChI is InChI=1S/C22H20F4N6O/c23-19-14-29-21(31-20(19)32-8-10-33-11-9-32)27-7-6-16-4-5-18(13-28-16)30-17-3-1-2-15(12-17)22(24,25)26/h1-5,7,12-14,30H,6,8-11H2/b27-7+. The van der Waals surface area contributed by atoms with Crippen molar-refractivity contribution >= 4 is 29.4 Å². The van der Waals surface area contributed by atoms with E-state index in [1.165, 1.54) is 12.3 Å². The summed E-state index contributed by atoms with van der Waals surface area (Å²) >= 11 is 0. The van der Waals surface area contributed by atoms with Crippen LogP contribution >= 0.6 is 0 Å². The van der Waals surface area contributed by atoms with Gasteiger partial charge in [0.25, 0.3) is 5.95 Å². The molecule has 1 aromatic carbocycles. The van der Waals surface area contributed by atoms with Crippen molar-refractivity contribution < 1.29 is 22.3 Å². The lowest BCUT2D eigenvalue weighted by Crippen LogP contribution is -2.37. The molecule has 1 N–H and O–H groups in total. The number of aliphatic imine (C=N–C) groups is 1. The average Bonchev–Trinajstić information content (AvgIpc) is 2.81. The molecule has 0 bridgehead atoms. The molecule has 4 rings (SSSR count). The van der Waals surface area contributed by atoms with Crippen LogP contribution in [0.2, 0.25) is 0 Å². The van der Waals surface area contributed by atoms with E-state index in [2.05, 4.69) is 25.3 Å². The molecule has 2 aromatic heterocycles. The maximum absolute atomic E-state index is 14.1. The van der Waals surface area contributed by atoms with Crippen molar-refractivity contribution in [1.82, 2.24) is 15.0 Å². The van der Waals surface area contributed by atoms with Crippen LogP contribution in [0.5, 0.6) is 0 Å². The second-order valence-electron chi connectivity index (χ2n) is 7.20. The number of benzene rings is 1. The molecule has 3 aromatic rings. The van der Waals surface area contributed by atoms with E-state index in [0.717, 1.165) is 18.3 Å². The van der Waals surface area contributed by atoms with Gasteiger partial charge in [-0.25, -0.2) is 14.4 Å². The van der Waals surface area contributed by atoms with E-state index in [0.29, 0.717) is 49.8 Å². The minimum Gasteiger partial charge on any atom is -0.378 e. The normalized spacial score (nSPS) is 14.6. The summed E-state index contributed by atoms with van der Waals surface area (Å²) in [6, 6.07) is 8.37. The number of alkyl halides is 3. The number of nitrogens with one attached hydrogen (secondary N) is 1. The Morgan fingerprint density at radius 2 is 1.88 bits per heavy atom. The Morgan fingerprint density at radius 1 is 1.06 bits per heavy atom. The van der Waals surface area contributed by atoms with E-state index in [4.69, 9.17) is 4.74 Å². The van der Waals surface area contributed by atoms with Gasteiger partial charge in [-0.15, -0.1) is 0 Å². The third-order valence-corrected chi connectivity index (χ3v) is 4.83. The number of morpholine rings is 1. The van der Waals surface area contributed by atoms with Gasteiger partial charge in [0.1, 0.15) is 0 Å². The van der Waals surface area contributed by atoms with Crippen LogP contribution in [0.1, 0.15) is 11.3 Å². The summed E-state index contributed by atoms with van der Waals surface area (Å²) in [6.07, 6.45) is 0.150. The number of aromatic nitrogens is 3. The second-order valence-corrected chi connectivity index (χ2v) is 7.20. The number of rotatable bonds is 6. The summed E-state index contributed by atoms with van der Waals surface area (Å²) < 4.78 is 57.9. The molecule has 1 aliphatic rings. The van der Waals surface area contributed by atoms with E-state index in [1.807, 2.05) is 0 Å². The quantitative estimate of drug-likeness (QED) is 0.430. The lowest BCUT2D eigenvalue weighted by molar-refractivity contribution is -0.137. The largest absolute Gasteiger partial charge is 0.416 e. The molecule has 0 radical (unpaired) electrons. The lowest BCUT2D eigenvalue weighted by Gasteiger charge is -2.27. The smallest absolute Gasteiger partial charge is 0.378 e. The summed E-state index contributed by atoms with van der Waals surface area (Å²) in [6.45, 7) is 2.10. The molecular formula is C22H20F4N6O. The first-order valence-corrected chi connectivity index (χ1v) is 10.2. The van der Waals surface area contributed by atoms with Crippen LogP contribution in [-0.4, -0.2) is 47.5 Å². The number of hydrogen-bond acceptors (Lipinski definition) is 7. The van der Waals surface area contributed by atoms with Gasteiger partial charge in [-0.1, -0.05) is 6.07 Å². The van der Waals surface area contributed by atoms with E-state index >= 15 is 0 Å². The van der Waals surface area contributed by atoms with Gasteiger partial charge in [-0.05, 0) is 30.3 Å². The predicted octanol–water partition coefficient (Wildman–Crippen LogP) is 4.55. The van der Waals surface area contributed by atoms with Crippen LogP contribution in [0.15, 0.2) is 53.8 Å². The first-order valence-electron chi connectivity index (χ1n) is 10.2. The Morgan fingerprint density at radius 3 is 2.61 bits per heavy atom. The topological polar surface area (TPSA) is 75.5 Å². The highest BCUT2D eigenvalue weighted by molar-refractivity contribution is 5.65. The molecule has 0 saturated carbocycles. The van der Waals surface area contributed by atoms with Crippen LogP contribution in [0.3, 0.4) is 0 Å². The highest BCUT2D eigenvalue weighted by atomic mass is 19.4. The number of ether oxygens (including phenoxy) is 1. The monoisotopic (exact) mass is 460 g/mol. The van der Waals surface area contributed by atoms with Crippen molar-refractivity contribution in [3.8, 4) is 0 Å². The van der Waals surface area contributed by atoms with Crippen LogP contribution in [0.4, 0.5) is 40.7 Å². The highest BCUT2D eigenvalue weighted by Crippen LogP contribution is 2.31. The minimum absolute atomic E-state index is 0.140. The van der Waals surface area contributed by atoms with Gasteiger partial charge in [-0.3, -0.25) is 4.98 Å². The summed E-state index contributed by atoms with van der Waals surface area (Å²) in [4.78, 5) is 18.3. The third-order valence-electron chi connectivity index (χ3n) is 4.83. The Labute approximate surface area is 187 Å². The van der Waals surface area contributed by atoms with E-state index in [1.54, 1.807) is 29.3 Å². The molecule has 172 valence electrons. The predicted molar refractivity (Wildman–Crippen MR) is 116 cm³/mol. The molecule has 7 nitrogen and oxygen atoms in total. The fourth-order valence-electron chi connectivity index (χ4n) is 3.19. The molecule has 3 heterocycles. The molecule has 0 unspecified atom stereocenters. The Kier molecular flexibility index (Phi) is 6.78. The second kappa shape index (κ2) is 9.90. The van der Waals surface area contributed by atoms with Gasteiger partial charge >= 0.3 is 6.18 Å². The number of anilines is 3. The maximum atomic E-state index is 14.1. The molecule has 0 aliphatic carbocycles. The van der Waals surface area contributed by atoms with Crippen molar-refractivity contribution in [2.45, 2.75) is 12.6 Å². The van der Waals surface area contributed by atoms with E-state index in [-0.39, 0.29) is 11.8 Å². The zero-order valence-corrected chi connectivity index (χ0v) is 17.4. The molecule has 1 fully saturated rings. The molecule has 11 heteroatoms. The molecule has 33 heavy (non-hydrogen) atoms. The van der Waals surface area contributed by atoms with Gasteiger partial charge in [0, 0.05) is 37.1 Å². The van der Waals surface area contributed by atoms with Crippen molar-refractivity contribution in [3.05, 3.63) is 65.9 Å². The number of halogens is 4. The van der Waals surface area contributed by atoms with Crippen LogP contribution in [-0.2, 0) is 17.3 Å². The van der Waals surface area contributed by atoms with Crippen molar-refractivity contribution in [2.24, 2.45) is 4.99 Å². The van der Waals surface area contributed by atoms with Crippen molar-refractivity contribution in [1.29, 1.82) is 0 Å². The van der Waals surface area contributed by atoms with Gasteiger partial charge in [0.2, 0.25) is 0 Å². The Hall–Kier alpha value is -3.60. The molecular weight excluding hydrogens is 440 g/mol. The zero-order chi connectivity index (χ0) is 23.3. The zero-order valence-electron chi connectivity index (χ0n) is 17.4. The number of pyridine rings is 1. The summed E-state index contributed by atoms with van der Waals surface area (Å²) in [7, 11) is 0. The van der Waals surface area contributed by atoms with Crippen molar-refractivity contribution in [3.63, 3.8) is 0 Å². The fourth-order valence-corrected chi connectivity index (χ4v) is 3.19. The van der Waals surface area contributed by atoms with Gasteiger partial charge in [0.15, 0.2) is 11.6 Å². The van der Waals surface area contributed by atoms with Crippen LogP contribution in [0, 0.1) is 5.82 Å². The molecule has 1 aliphatic heterocycles. The first kappa shape index (κ1) is 22.6. The third kappa shape index (κ3) is 6.01. The Balaban J connectivity index is 1.37. The van der Waals surface area contributed by atoms with E-state index < -0.39 is 17.6 Å². The summed E-state index contributed by atoms with van der Waals surface area (Å²) in [5, 5.41) is 2.90. The number of nitrogens with zero attached hydrogens (tertiary/aromatic N) is 5. The summed E-state index contributed by atoms with van der Waals surface area (Å²) in [5.41, 5.74) is 0.814. The van der Waals surface area contributed by atoms with Gasteiger partial charge < -0.3 is 15.0 Å². The average molecular weight is 460 g/mol. The van der Waals surface area contributed by atoms with Crippen molar-refractivity contribution in [2.75, 3.05) is 36.5 Å². The van der Waals surface area contributed by atoms with E-state index in [9.17, 15) is 17.6 Å². The minimum atomic E-state index is -4.41.